The number of carbonyl (C=O) groups is 1. The Labute approximate surface area is 125 Å². The van der Waals surface area contributed by atoms with Crippen molar-refractivity contribution in [1.29, 1.82) is 0 Å². The summed E-state index contributed by atoms with van der Waals surface area (Å²) < 4.78 is 0. The number of aromatic nitrogens is 1. The fraction of sp³-hybridized carbons (Fsp3) is 0.636. The summed E-state index contributed by atoms with van der Waals surface area (Å²) in [6.07, 6.45) is 1.82. The fourth-order valence-corrected chi connectivity index (χ4v) is 2.21. The maximum absolute atomic E-state index is 11.9. The molecule has 0 saturated carbocycles. The number of aryl methyl sites for hydroxylation is 1. The molecule has 4 nitrogen and oxygen atoms in total. The largest absolute Gasteiger partial charge is 0.340 e. The number of hydrogen-bond donors (Lipinski definition) is 1. The third-order valence-electron chi connectivity index (χ3n) is 2.62. The number of rotatable bonds is 4. The van der Waals surface area contributed by atoms with Crippen molar-refractivity contribution in [1.82, 2.24) is 9.88 Å². The van der Waals surface area contributed by atoms with Gasteiger partial charge < -0.3 is 10.6 Å². The van der Waals surface area contributed by atoms with Crippen LogP contribution in [0, 0.1) is 12.8 Å². The van der Waals surface area contributed by atoms with Gasteiger partial charge in [0.25, 0.3) is 0 Å². The van der Waals surface area contributed by atoms with E-state index in [1.807, 2.05) is 27.0 Å². The van der Waals surface area contributed by atoms with Crippen LogP contribution in [-0.2, 0) is 11.3 Å². The van der Waals surface area contributed by atoms with E-state index in [1.54, 1.807) is 23.3 Å². The van der Waals surface area contributed by atoms with Crippen LogP contribution in [0.5, 0.6) is 0 Å². The van der Waals surface area contributed by atoms with Gasteiger partial charge in [0.15, 0.2) is 0 Å². The predicted octanol–water partition coefficient (Wildman–Crippen LogP) is 2.24. The second-order valence-electron chi connectivity index (χ2n) is 4.19. The van der Waals surface area contributed by atoms with Gasteiger partial charge >= 0.3 is 0 Å². The van der Waals surface area contributed by atoms with Gasteiger partial charge in [-0.25, -0.2) is 4.98 Å². The van der Waals surface area contributed by atoms with E-state index >= 15 is 0 Å². The van der Waals surface area contributed by atoms with Crippen molar-refractivity contribution in [3.63, 3.8) is 0 Å². The Hall–Kier alpha value is -0.360. The van der Waals surface area contributed by atoms with Crippen LogP contribution in [0.25, 0.3) is 0 Å². The Bertz CT molecular complexity index is 371. The summed E-state index contributed by atoms with van der Waals surface area (Å²) in [6, 6.07) is -0.113. The number of halogens is 2. The Balaban J connectivity index is 0. The molecule has 0 aliphatic rings. The quantitative estimate of drug-likeness (QED) is 0.927. The van der Waals surface area contributed by atoms with Gasteiger partial charge in [0.05, 0.1) is 17.5 Å². The van der Waals surface area contributed by atoms with E-state index in [2.05, 4.69) is 4.98 Å². The molecule has 0 bridgehead atoms. The summed E-state index contributed by atoms with van der Waals surface area (Å²) in [5.74, 6) is -0.0555. The lowest BCUT2D eigenvalue weighted by Gasteiger charge is -2.22. The minimum absolute atomic E-state index is 0. The molecule has 0 aliphatic carbocycles. The van der Waals surface area contributed by atoms with E-state index in [4.69, 9.17) is 5.73 Å². The van der Waals surface area contributed by atoms with Gasteiger partial charge in [-0.1, -0.05) is 6.92 Å². The summed E-state index contributed by atoms with van der Waals surface area (Å²) in [7, 11) is 1.80. The van der Waals surface area contributed by atoms with E-state index in [9.17, 15) is 4.79 Å². The molecular formula is C11H21Cl2N3OS. The van der Waals surface area contributed by atoms with Gasteiger partial charge in [-0.2, -0.15) is 0 Å². The zero-order valence-electron chi connectivity index (χ0n) is 11.0. The van der Waals surface area contributed by atoms with Gasteiger partial charge in [0.1, 0.15) is 0 Å². The van der Waals surface area contributed by atoms with Gasteiger partial charge in [0, 0.05) is 24.2 Å². The number of carbonyl (C=O) groups excluding carboxylic acids is 1. The molecular weight excluding hydrogens is 293 g/mol. The molecule has 1 heterocycles. The lowest BCUT2D eigenvalue weighted by molar-refractivity contribution is -0.134. The summed E-state index contributed by atoms with van der Waals surface area (Å²) in [5.41, 5.74) is 5.71. The molecule has 0 aliphatic heterocycles. The van der Waals surface area contributed by atoms with Gasteiger partial charge in [0.2, 0.25) is 5.91 Å². The lowest BCUT2D eigenvalue weighted by Crippen LogP contribution is -2.39. The number of amides is 1. The highest BCUT2D eigenvalue weighted by atomic mass is 35.5. The number of nitrogens with two attached hydrogens (primary N) is 1. The lowest BCUT2D eigenvalue weighted by atomic mass is 10.0. The smallest absolute Gasteiger partial charge is 0.227 e. The van der Waals surface area contributed by atoms with Crippen LogP contribution in [0.4, 0.5) is 0 Å². The Morgan fingerprint density at radius 1 is 1.50 bits per heavy atom. The van der Waals surface area contributed by atoms with Crippen molar-refractivity contribution >= 4 is 42.1 Å². The highest BCUT2D eigenvalue weighted by molar-refractivity contribution is 7.11. The molecule has 2 N–H and O–H groups in total. The van der Waals surface area contributed by atoms with Gasteiger partial charge in [-0.3, -0.25) is 4.79 Å². The van der Waals surface area contributed by atoms with Crippen LogP contribution in [0.2, 0.25) is 0 Å². The summed E-state index contributed by atoms with van der Waals surface area (Å²) in [6.45, 7) is 6.29. The molecule has 1 rings (SSSR count). The van der Waals surface area contributed by atoms with E-state index in [0.717, 1.165) is 9.88 Å². The maximum atomic E-state index is 11.9. The van der Waals surface area contributed by atoms with Crippen LogP contribution in [0.1, 0.15) is 23.7 Å². The van der Waals surface area contributed by atoms with E-state index in [-0.39, 0.29) is 42.7 Å². The molecule has 0 spiro atoms. The first-order chi connectivity index (χ1) is 7.41. The molecule has 18 heavy (non-hydrogen) atoms. The Morgan fingerprint density at radius 3 is 2.44 bits per heavy atom. The molecule has 0 aromatic carbocycles. The van der Waals surface area contributed by atoms with Crippen LogP contribution >= 0.6 is 36.2 Å². The van der Waals surface area contributed by atoms with Crippen LogP contribution in [0.15, 0.2) is 6.20 Å². The first kappa shape index (κ1) is 20.0. The topological polar surface area (TPSA) is 59.2 Å². The van der Waals surface area contributed by atoms with Gasteiger partial charge in [-0.15, -0.1) is 36.2 Å². The number of nitrogens with zero attached hydrogens (tertiary/aromatic N) is 2. The highest BCUT2D eigenvalue weighted by Crippen LogP contribution is 2.15. The summed E-state index contributed by atoms with van der Waals surface area (Å²) in [5, 5.41) is 1.02. The molecule has 0 fully saturated rings. The molecule has 0 radical (unpaired) electrons. The van der Waals surface area contributed by atoms with Crippen molar-refractivity contribution in [2.24, 2.45) is 11.7 Å². The monoisotopic (exact) mass is 313 g/mol. The molecule has 1 aromatic heterocycles. The first-order valence-electron chi connectivity index (χ1n) is 5.33. The predicted molar refractivity (Wildman–Crippen MR) is 80.6 cm³/mol. The fourth-order valence-electron chi connectivity index (χ4n) is 1.36. The van der Waals surface area contributed by atoms with E-state index in [1.165, 1.54) is 0 Å². The zero-order valence-corrected chi connectivity index (χ0v) is 13.5. The molecule has 2 unspecified atom stereocenters. The van der Waals surface area contributed by atoms with Crippen molar-refractivity contribution < 1.29 is 4.79 Å². The van der Waals surface area contributed by atoms with Crippen molar-refractivity contribution in [2.75, 3.05) is 7.05 Å². The Morgan fingerprint density at radius 2 is 2.06 bits per heavy atom. The maximum Gasteiger partial charge on any atom is 0.227 e. The van der Waals surface area contributed by atoms with E-state index < -0.39 is 0 Å². The van der Waals surface area contributed by atoms with Crippen molar-refractivity contribution in [2.45, 2.75) is 33.4 Å². The molecule has 0 saturated heterocycles. The molecule has 7 heteroatoms. The molecule has 2 atom stereocenters. The second kappa shape index (κ2) is 8.69. The third-order valence-corrected chi connectivity index (χ3v) is 3.51. The average molecular weight is 314 g/mol. The SMILES string of the molecule is Cc1ncc(CN(C)C(=O)C(C)C(C)N)s1.Cl.Cl. The van der Waals surface area contributed by atoms with Crippen LogP contribution in [-0.4, -0.2) is 28.9 Å². The standard InChI is InChI=1S/C11H19N3OS.2ClH/c1-7(8(2)12)11(15)14(4)6-10-5-13-9(3)16-10;;/h5,7-8H,6,12H2,1-4H3;2*1H. The Kier molecular flexibility index (Phi) is 9.64. The average Bonchev–Trinajstić information content (AvgIpc) is 2.61. The molecule has 106 valence electrons. The van der Waals surface area contributed by atoms with Crippen LogP contribution in [0.3, 0.4) is 0 Å². The minimum Gasteiger partial charge on any atom is -0.340 e. The summed E-state index contributed by atoms with van der Waals surface area (Å²) in [4.78, 5) is 18.9. The van der Waals surface area contributed by atoms with Gasteiger partial charge in [-0.05, 0) is 13.8 Å². The van der Waals surface area contributed by atoms with Crippen molar-refractivity contribution in [3.8, 4) is 0 Å². The minimum atomic E-state index is -0.140. The van der Waals surface area contributed by atoms with Crippen LogP contribution < -0.4 is 5.73 Å². The normalized spacial score (nSPS) is 12.9. The molecule has 1 amide bonds. The molecule has 1 aromatic rings. The van der Waals surface area contributed by atoms with E-state index in [0.29, 0.717) is 6.54 Å². The number of hydrogen-bond acceptors (Lipinski definition) is 4. The zero-order chi connectivity index (χ0) is 12.3. The second-order valence-corrected chi connectivity index (χ2v) is 5.51. The van der Waals surface area contributed by atoms with Crippen molar-refractivity contribution in [3.05, 3.63) is 16.1 Å². The highest BCUT2D eigenvalue weighted by Gasteiger charge is 2.21. The first-order valence-corrected chi connectivity index (χ1v) is 6.15. The number of thiazole rings is 1. The third kappa shape index (κ3) is 5.52. The summed E-state index contributed by atoms with van der Waals surface area (Å²) >= 11 is 1.62.